The fourth-order valence-corrected chi connectivity index (χ4v) is 3.32. The maximum atomic E-state index is 12.4. The van der Waals surface area contributed by atoms with Crippen LogP contribution in [0, 0.1) is 0 Å². The molecule has 1 aromatic heterocycles. The van der Waals surface area contributed by atoms with Crippen LogP contribution in [-0.2, 0) is 0 Å². The third-order valence-electron chi connectivity index (χ3n) is 4.71. The van der Waals surface area contributed by atoms with Crippen molar-refractivity contribution < 1.29 is 4.79 Å². The Morgan fingerprint density at radius 2 is 1.86 bits per heavy atom. The van der Waals surface area contributed by atoms with Gasteiger partial charge >= 0.3 is 0 Å². The number of carbonyl (C=O) groups is 1. The lowest BCUT2D eigenvalue weighted by Gasteiger charge is -2.42. The van der Waals surface area contributed by atoms with E-state index in [2.05, 4.69) is 21.8 Å². The van der Waals surface area contributed by atoms with E-state index >= 15 is 0 Å². The number of hydrogen-bond acceptors (Lipinski definition) is 4. The second-order valence-electron chi connectivity index (χ2n) is 6.10. The van der Waals surface area contributed by atoms with Gasteiger partial charge in [0.15, 0.2) is 0 Å². The molecule has 21 heavy (non-hydrogen) atoms. The van der Waals surface area contributed by atoms with Crippen LogP contribution >= 0.6 is 0 Å². The van der Waals surface area contributed by atoms with E-state index in [0.717, 1.165) is 26.2 Å². The molecule has 0 unspecified atom stereocenters. The molecule has 2 aliphatic rings. The summed E-state index contributed by atoms with van der Waals surface area (Å²) < 4.78 is 0. The van der Waals surface area contributed by atoms with Gasteiger partial charge in [-0.3, -0.25) is 14.7 Å². The summed E-state index contributed by atoms with van der Waals surface area (Å²) in [6, 6.07) is 4.37. The highest BCUT2D eigenvalue weighted by molar-refractivity contribution is 5.93. The highest BCUT2D eigenvalue weighted by Gasteiger charge is 2.28. The average Bonchev–Trinajstić information content (AvgIpc) is 2.56. The molecule has 1 aromatic rings. The molecule has 114 valence electrons. The van der Waals surface area contributed by atoms with Crippen LogP contribution in [-0.4, -0.2) is 77.9 Å². The van der Waals surface area contributed by atoms with E-state index in [1.165, 1.54) is 25.9 Å². The lowest BCUT2D eigenvalue weighted by atomic mass is 10.0. The lowest BCUT2D eigenvalue weighted by Crippen LogP contribution is -2.54. The molecule has 0 N–H and O–H groups in total. The molecule has 2 saturated heterocycles. The zero-order chi connectivity index (χ0) is 14.7. The number of rotatable bonds is 2. The van der Waals surface area contributed by atoms with Gasteiger partial charge in [0.1, 0.15) is 0 Å². The van der Waals surface area contributed by atoms with E-state index in [1.807, 2.05) is 17.0 Å². The van der Waals surface area contributed by atoms with Crippen LogP contribution in [0.15, 0.2) is 24.5 Å². The molecule has 0 saturated carbocycles. The summed E-state index contributed by atoms with van der Waals surface area (Å²) in [5, 5.41) is 0. The van der Waals surface area contributed by atoms with Gasteiger partial charge in [0.05, 0.1) is 5.56 Å². The standard InChI is InChI=1S/C16H24N4O/c1-18-7-4-15(5-8-18)19-9-11-20(12-10-19)16(21)14-3-2-6-17-13-14/h2-3,6,13,15H,4-5,7-12H2,1H3. The van der Waals surface area contributed by atoms with Gasteiger partial charge < -0.3 is 9.80 Å². The Bertz CT molecular complexity index is 462. The fourth-order valence-electron chi connectivity index (χ4n) is 3.32. The number of carbonyl (C=O) groups excluding carboxylic acids is 1. The maximum Gasteiger partial charge on any atom is 0.255 e. The minimum Gasteiger partial charge on any atom is -0.336 e. The molecule has 2 aliphatic heterocycles. The van der Waals surface area contributed by atoms with E-state index in [9.17, 15) is 4.79 Å². The van der Waals surface area contributed by atoms with E-state index in [1.54, 1.807) is 12.4 Å². The molecule has 0 aromatic carbocycles. The predicted molar refractivity (Wildman–Crippen MR) is 82.2 cm³/mol. The summed E-state index contributed by atoms with van der Waals surface area (Å²) in [6.07, 6.45) is 5.88. The Morgan fingerprint density at radius 3 is 2.48 bits per heavy atom. The first-order valence-electron chi connectivity index (χ1n) is 7.86. The number of likely N-dealkylation sites (tertiary alicyclic amines) is 1. The Hall–Kier alpha value is -1.46. The first-order valence-corrected chi connectivity index (χ1v) is 7.86. The third-order valence-corrected chi connectivity index (χ3v) is 4.71. The number of pyridine rings is 1. The Balaban J connectivity index is 1.52. The van der Waals surface area contributed by atoms with Crippen LogP contribution in [0.5, 0.6) is 0 Å². The van der Waals surface area contributed by atoms with Crippen molar-refractivity contribution in [3.63, 3.8) is 0 Å². The van der Waals surface area contributed by atoms with E-state index in [0.29, 0.717) is 11.6 Å². The SMILES string of the molecule is CN1CCC(N2CCN(C(=O)c3cccnc3)CC2)CC1. The first-order chi connectivity index (χ1) is 10.2. The maximum absolute atomic E-state index is 12.4. The number of hydrogen-bond donors (Lipinski definition) is 0. The number of amides is 1. The predicted octanol–water partition coefficient (Wildman–Crippen LogP) is 0.934. The van der Waals surface area contributed by atoms with Crippen molar-refractivity contribution in [2.75, 3.05) is 46.3 Å². The Kier molecular flexibility index (Phi) is 4.51. The van der Waals surface area contributed by atoms with E-state index < -0.39 is 0 Å². The molecule has 2 fully saturated rings. The second kappa shape index (κ2) is 6.54. The normalized spacial score (nSPS) is 22.4. The fraction of sp³-hybridized carbons (Fsp3) is 0.625. The van der Waals surface area contributed by atoms with Gasteiger partial charge in [-0.2, -0.15) is 0 Å². The molecule has 0 bridgehead atoms. The third kappa shape index (κ3) is 3.41. The number of piperazine rings is 1. The Morgan fingerprint density at radius 1 is 1.14 bits per heavy atom. The largest absolute Gasteiger partial charge is 0.336 e. The number of aromatic nitrogens is 1. The monoisotopic (exact) mass is 288 g/mol. The van der Waals surface area contributed by atoms with Crippen LogP contribution in [0.1, 0.15) is 23.2 Å². The van der Waals surface area contributed by atoms with Gasteiger partial charge in [-0.25, -0.2) is 0 Å². The molecule has 3 heterocycles. The van der Waals surface area contributed by atoms with Gasteiger partial charge in [-0.1, -0.05) is 0 Å². The molecule has 0 atom stereocenters. The quantitative estimate of drug-likeness (QED) is 0.812. The molecular weight excluding hydrogens is 264 g/mol. The molecule has 3 rings (SSSR count). The van der Waals surface area contributed by atoms with Crippen molar-refractivity contribution in [1.82, 2.24) is 19.7 Å². The van der Waals surface area contributed by atoms with Gasteiger partial charge in [-0.15, -0.1) is 0 Å². The van der Waals surface area contributed by atoms with Gasteiger partial charge in [0.2, 0.25) is 0 Å². The molecule has 5 nitrogen and oxygen atoms in total. The molecule has 0 spiro atoms. The molecule has 5 heteroatoms. The van der Waals surface area contributed by atoms with Crippen molar-refractivity contribution in [1.29, 1.82) is 0 Å². The molecule has 0 aliphatic carbocycles. The average molecular weight is 288 g/mol. The lowest BCUT2D eigenvalue weighted by molar-refractivity contribution is 0.0475. The summed E-state index contributed by atoms with van der Waals surface area (Å²) in [4.78, 5) is 23.4. The zero-order valence-electron chi connectivity index (χ0n) is 12.7. The molecular formula is C16H24N4O. The van der Waals surface area contributed by atoms with Crippen molar-refractivity contribution in [3.05, 3.63) is 30.1 Å². The second-order valence-corrected chi connectivity index (χ2v) is 6.10. The van der Waals surface area contributed by atoms with Gasteiger partial charge in [0, 0.05) is 44.6 Å². The zero-order valence-corrected chi connectivity index (χ0v) is 12.7. The highest BCUT2D eigenvalue weighted by atomic mass is 16.2. The highest BCUT2D eigenvalue weighted by Crippen LogP contribution is 2.18. The Labute approximate surface area is 126 Å². The first kappa shape index (κ1) is 14.5. The number of piperidine rings is 1. The summed E-state index contributed by atoms with van der Waals surface area (Å²) >= 11 is 0. The summed E-state index contributed by atoms with van der Waals surface area (Å²) in [5.41, 5.74) is 0.699. The van der Waals surface area contributed by atoms with Crippen molar-refractivity contribution in [2.24, 2.45) is 0 Å². The van der Waals surface area contributed by atoms with Crippen LogP contribution in [0.25, 0.3) is 0 Å². The summed E-state index contributed by atoms with van der Waals surface area (Å²) in [5.74, 6) is 0.117. The van der Waals surface area contributed by atoms with Crippen LogP contribution in [0.2, 0.25) is 0 Å². The van der Waals surface area contributed by atoms with Gasteiger partial charge in [0.25, 0.3) is 5.91 Å². The minimum absolute atomic E-state index is 0.117. The molecule has 1 amide bonds. The topological polar surface area (TPSA) is 39.7 Å². The van der Waals surface area contributed by atoms with Crippen molar-refractivity contribution in [3.8, 4) is 0 Å². The van der Waals surface area contributed by atoms with Crippen molar-refractivity contribution in [2.45, 2.75) is 18.9 Å². The van der Waals surface area contributed by atoms with Crippen LogP contribution < -0.4 is 0 Å². The van der Waals surface area contributed by atoms with Crippen LogP contribution in [0.3, 0.4) is 0 Å². The number of nitrogens with zero attached hydrogens (tertiary/aromatic N) is 4. The minimum atomic E-state index is 0.117. The smallest absolute Gasteiger partial charge is 0.255 e. The summed E-state index contributed by atoms with van der Waals surface area (Å²) in [6.45, 7) is 6.06. The molecule has 0 radical (unpaired) electrons. The van der Waals surface area contributed by atoms with Crippen molar-refractivity contribution >= 4 is 5.91 Å². The van der Waals surface area contributed by atoms with E-state index in [-0.39, 0.29) is 5.91 Å². The summed E-state index contributed by atoms with van der Waals surface area (Å²) in [7, 11) is 2.20. The van der Waals surface area contributed by atoms with E-state index in [4.69, 9.17) is 0 Å². The van der Waals surface area contributed by atoms with Crippen LogP contribution in [0.4, 0.5) is 0 Å². The van der Waals surface area contributed by atoms with Gasteiger partial charge in [-0.05, 0) is 45.1 Å².